The van der Waals surface area contributed by atoms with Crippen molar-refractivity contribution in [2.24, 2.45) is 4.99 Å². The average molecular weight is 404 g/mol. The van der Waals surface area contributed by atoms with E-state index in [1.54, 1.807) is 0 Å². The van der Waals surface area contributed by atoms with Gasteiger partial charge in [0.05, 0.1) is 31.5 Å². The number of aryl methyl sites for hydroxylation is 1. The number of aliphatic hydroxyl groups excluding tert-OH is 1. The van der Waals surface area contributed by atoms with Gasteiger partial charge in [-0.15, -0.1) is 0 Å². The van der Waals surface area contributed by atoms with Gasteiger partial charge in [-0.2, -0.15) is 0 Å². The molecular weight excluding hydrogens is 366 g/mol. The van der Waals surface area contributed by atoms with E-state index in [2.05, 4.69) is 17.1 Å². The molecule has 0 saturated carbocycles. The zero-order chi connectivity index (χ0) is 20.5. The third-order valence-electron chi connectivity index (χ3n) is 5.71. The predicted octanol–water partition coefficient (Wildman–Crippen LogP) is 3.04. The Bertz CT molecular complexity index is 638. The van der Waals surface area contributed by atoms with E-state index >= 15 is 0 Å². The first kappa shape index (κ1) is 22.1. The number of guanidine groups is 1. The number of nitrogens with one attached hydrogen (secondary N) is 1. The maximum Gasteiger partial charge on any atom is 0.194 e. The maximum atomic E-state index is 10.5. The summed E-state index contributed by atoms with van der Waals surface area (Å²) in [5.41, 5.74) is 2.07. The zero-order valence-corrected chi connectivity index (χ0v) is 18.0. The molecule has 3 rings (SSSR count). The summed E-state index contributed by atoms with van der Waals surface area (Å²) in [6, 6.07) is 7.99. The summed E-state index contributed by atoms with van der Waals surface area (Å²) in [5.74, 6) is 0.883. The number of hydrogen-bond donors (Lipinski definition) is 2. The van der Waals surface area contributed by atoms with Crippen LogP contribution in [-0.4, -0.2) is 67.6 Å². The van der Waals surface area contributed by atoms with Crippen LogP contribution < -0.4 is 5.32 Å². The van der Waals surface area contributed by atoms with E-state index in [4.69, 9.17) is 14.5 Å². The summed E-state index contributed by atoms with van der Waals surface area (Å²) >= 11 is 0. The van der Waals surface area contributed by atoms with E-state index in [0.717, 1.165) is 69.2 Å². The van der Waals surface area contributed by atoms with Crippen molar-refractivity contribution in [3.63, 3.8) is 0 Å². The van der Waals surface area contributed by atoms with Gasteiger partial charge in [-0.05, 0) is 51.5 Å². The number of hydrogen-bond acceptors (Lipinski definition) is 4. The lowest BCUT2D eigenvalue weighted by molar-refractivity contribution is -0.0721. The first-order valence-electron chi connectivity index (χ1n) is 11.2. The van der Waals surface area contributed by atoms with Crippen LogP contribution in [0.1, 0.15) is 56.3 Å². The molecule has 0 aliphatic carbocycles. The summed E-state index contributed by atoms with van der Waals surface area (Å²) in [4.78, 5) is 6.99. The summed E-state index contributed by atoms with van der Waals surface area (Å²) < 4.78 is 11.9. The fourth-order valence-corrected chi connectivity index (χ4v) is 4.00. The normalized spacial score (nSPS) is 22.5. The molecule has 1 aromatic rings. The van der Waals surface area contributed by atoms with E-state index < -0.39 is 6.10 Å². The van der Waals surface area contributed by atoms with Crippen LogP contribution in [0.15, 0.2) is 29.3 Å². The van der Waals surface area contributed by atoms with Gasteiger partial charge in [0.1, 0.15) is 0 Å². The van der Waals surface area contributed by atoms with E-state index in [-0.39, 0.29) is 6.10 Å². The molecule has 29 heavy (non-hydrogen) atoms. The Morgan fingerprint density at radius 1 is 1.31 bits per heavy atom. The summed E-state index contributed by atoms with van der Waals surface area (Å²) in [6.45, 7) is 8.73. The van der Waals surface area contributed by atoms with Crippen molar-refractivity contribution in [2.45, 2.75) is 64.3 Å². The first-order valence-corrected chi connectivity index (χ1v) is 11.2. The SMILES string of the molecule is CCNC(=NCC(O)c1cccc(C)c1)N1CCC(OCC2CCCCO2)CC1. The molecule has 0 radical (unpaired) electrons. The highest BCUT2D eigenvalue weighted by molar-refractivity contribution is 5.80. The predicted molar refractivity (Wildman–Crippen MR) is 116 cm³/mol. The van der Waals surface area contributed by atoms with E-state index in [1.807, 2.05) is 31.2 Å². The van der Waals surface area contributed by atoms with Crippen molar-refractivity contribution < 1.29 is 14.6 Å². The topological polar surface area (TPSA) is 66.3 Å². The highest BCUT2D eigenvalue weighted by atomic mass is 16.5. The summed E-state index contributed by atoms with van der Waals surface area (Å²) in [6.07, 6.45) is 5.55. The number of aliphatic imine (C=N–C) groups is 1. The largest absolute Gasteiger partial charge is 0.386 e. The number of aliphatic hydroxyl groups is 1. The van der Waals surface area contributed by atoms with Crippen molar-refractivity contribution in [1.82, 2.24) is 10.2 Å². The highest BCUT2D eigenvalue weighted by Gasteiger charge is 2.24. The van der Waals surface area contributed by atoms with Crippen LogP contribution in [0.3, 0.4) is 0 Å². The second-order valence-electron chi connectivity index (χ2n) is 8.13. The van der Waals surface area contributed by atoms with Crippen LogP contribution in [0, 0.1) is 6.92 Å². The number of likely N-dealkylation sites (tertiary alicyclic amines) is 1. The molecule has 2 fully saturated rings. The minimum absolute atomic E-state index is 0.281. The van der Waals surface area contributed by atoms with Crippen molar-refractivity contribution in [3.05, 3.63) is 35.4 Å². The smallest absolute Gasteiger partial charge is 0.194 e. The number of rotatable bonds is 7. The second kappa shape index (κ2) is 11.5. The average Bonchev–Trinajstić information content (AvgIpc) is 2.76. The summed E-state index contributed by atoms with van der Waals surface area (Å²) in [7, 11) is 0. The van der Waals surface area contributed by atoms with E-state index in [1.165, 1.54) is 12.8 Å². The monoisotopic (exact) mass is 403 g/mol. The number of nitrogens with zero attached hydrogens (tertiary/aromatic N) is 2. The van der Waals surface area contributed by atoms with Crippen molar-refractivity contribution >= 4 is 5.96 Å². The molecule has 2 aliphatic heterocycles. The van der Waals surface area contributed by atoms with Gasteiger partial charge in [-0.3, -0.25) is 4.99 Å². The van der Waals surface area contributed by atoms with Crippen LogP contribution in [0.4, 0.5) is 0 Å². The van der Waals surface area contributed by atoms with Crippen LogP contribution >= 0.6 is 0 Å². The Kier molecular flexibility index (Phi) is 8.77. The van der Waals surface area contributed by atoms with Crippen LogP contribution in [-0.2, 0) is 9.47 Å². The highest BCUT2D eigenvalue weighted by Crippen LogP contribution is 2.19. The molecule has 2 saturated heterocycles. The van der Waals surface area contributed by atoms with Gasteiger partial charge in [0.25, 0.3) is 0 Å². The van der Waals surface area contributed by atoms with E-state index in [9.17, 15) is 5.11 Å². The summed E-state index contributed by atoms with van der Waals surface area (Å²) in [5, 5.41) is 13.9. The minimum Gasteiger partial charge on any atom is -0.386 e. The van der Waals surface area contributed by atoms with Gasteiger partial charge < -0.3 is 24.8 Å². The third kappa shape index (κ3) is 6.98. The second-order valence-corrected chi connectivity index (χ2v) is 8.13. The molecule has 0 bridgehead atoms. The van der Waals surface area contributed by atoms with E-state index in [0.29, 0.717) is 12.6 Å². The molecular formula is C23H37N3O3. The molecule has 1 aromatic carbocycles. The quantitative estimate of drug-likeness (QED) is 0.541. The lowest BCUT2D eigenvalue weighted by Gasteiger charge is -2.35. The standard InChI is InChI=1S/C23H37N3O3/c1-3-24-23(25-16-22(27)19-8-6-7-18(2)15-19)26-12-10-20(11-13-26)29-17-21-9-4-5-14-28-21/h6-8,15,20-22,27H,3-5,9-14,16-17H2,1-2H3,(H,24,25). The Labute approximate surface area is 175 Å². The molecule has 2 atom stereocenters. The van der Waals surface area contributed by atoms with Crippen molar-refractivity contribution in [2.75, 3.05) is 39.4 Å². The first-order chi connectivity index (χ1) is 14.2. The molecule has 162 valence electrons. The van der Waals surface area contributed by atoms with Gasteiger partial charge >= 0.3 is 0 Å². The van der Waals surface area contributed by atoms with Crippen LogP contribution in [0.25, 0.3) is 0 Å². The van der Waals surface area contributed by atoms with Gasteiger partial charge in [-0.25, -0.2) is 0 Å². The maximum absolute atomic E-state index is 10.5. The van der Waals surface area contributed by atoms with Crippen molar-refractivity contribution in [1.29, 1.82) is 0 Å². The number of benzene rings is 1. The Morgan fingerprint density at radius 2 is 2.14 bits per heavy atom. The molecule has 2 heterocycles. The Hall–Kier alpha value is -1.63. The molecule has 2 unspecified atom stereocenters. The van der Waals surface area contributed by atoms with Gasteiger partial charge in [-0.1, -0.05) is 29.8 Å². The van der Waals surface area contributed by atoms with Gasteiger partial charge in [0.2, 0.25) is 0 Å². The molecule has 6 nitrogen and oxygen atoms in total. The fraction of sp³-hybridized carbons (Fsp3) is 0.696. The van der Waals surface area contributed by atoms with Gasteiger partial charge in [0, 0.05) is 26.2 Å². The molecule has 0 spiro atoms. The van der Waals surface area contributed by atoms with Crippen molar-refractivity contribution in [3.8, 4) is 0 Å². The molecule has 0 amide bonds. The Balaban J connectivity index is 1.47. The molecule has 0 aromatic heterocycles. The number of piperidine rings is 1. The molecule has 2 aliphatic rings. The van der Waals surface area contributed by atoms with Crippen LogP contribution in [0.2, 0.25) is 0 Å². The fourth-order valence-electron chi connectivity index (χ4n) is 4.00. The van der Waals surface area contributed by atoms with Gasteiger partial charge in [0.15, 0.2) is 5.96 Å². The number of ether oxygens (including phenoxy) is 2. The zero-order valence-electron chi connectivity index (χ0n) is 18.0. The lowest BCUT2D eigenvalue weighted by Crippen LogP contribution is -2.47. The molecule has 6 heteroatoms. The molecule has 2 N–H and O–H groups in total. The Morgan fingerprint density at radius 3 is 2.83 bits per heavy atom. The third-order valence-corrected chi connectivity index (χ3v) is 5.71. The minimum atomic E-state index is -0.583. The lowest BCUT2D eigenvalue weighted by atomic mass is 10.1. The van der Waals surface area contributed by atoms with Crippen LogP contribution in [0.5, 0.6) is 0 Å².